The molecule has 0 amide bonds. The number of nitrogens with zero attached hydrogens (tertiary/aromatic N) is 1. The van der Waals surface area contributed by atoms with Gasteiger partial charge in [0.05, 0.1) is 11.1 Å². The molecular weight excluding hydrogens is 436 g/mol. The van der Waals surface area contributed by atoms with E-state index in [1.54, 1.807) is 25.7 Å². The maximum atomic E-state index is 14.7. The molecule has 0 spiro atoms. The lowest BCUT2D eigenvalue weighted by Gasteiger charge is -2.43. The van der Waals surface area contributed by atoms with Crippen LogP contribution in [0.4, 0.5) is 30.7 Å². The van der Waals surface area contributed by atoms with Crippen LogP contribution in [0.5, 0.6) is 0 Å². The Labute approximate surface area is 171 Å². The zero-order valence-corrected chi connectivity index (χ0v) is 17.1. The zero-order chi connectivity index (χ0) is 19.9. The van der Waals surface area contributed by atoms with Crippen molar-refractivity contribution in [2.24, 2.45) is 5.41 Å². The molecule has 0 aromatic heterocycles. The van der Waals surface area contributed by atoms with Crippen LogP contribution < -0.4 is 5.32 Å². The lowest BCUT2D eigenvalue weighted by atomic mass is 9.78. The molecule has 0 radical (unpaired) electrons. The molecule has 2 rings (SSSR count). The van der Waals surface area contributed by atoms with Gasteiger partial charge < -0.3 is 5.32 Å². The van der Waals surface area contributed by atoms with Gasteiger partial charge in [-0.25, -0.2) is 4.39 Å². The van der Waals surface area contributed by atoms with E-state index >= 15 is 0 Å². The predicted octanol–water partition coefficient (Wildman–Crippen LogP) is 5.70. The van der Waals surface area contributed by atoms with Gasteiger partial charge in [-0.15, -0.1) is 24.8 Å². The summed E-state index contributed by atoms with van der Waals surface area (Å²) in [6.45, 7) is 6.72. The third kappa shape index (κ3) is 6.11. The highest BCUT2D eigenvalue weighted by Crippen LogP contribution is 2.46. The average molecular weight is 459 g/mol. The molecular formula is C17H23Cl2F7N2. The lowest BCUT2D eigenvalue weighted by molar-refractivity contribution is -0.144. The molecule has 2 nitrogen and oxygen atoms in total. The van der Waals surface area contributed by atoms with E-state index in [0.29, 0.717) is 26.2 Å². The van der Waals surface area contributed by atoms with E-state index in [1.807, 2.05) is 0 Å². The van der Waals surface area contributed by atoms with Crippen molar-refractivity contribution in [2.45, 2.75) is 39.2 Å². The van der Waals surface area contributed by atoms with Gasteiger partial charge in [0.2, 0.25) is 0 Å². The first kappa shape index (κ1) is 27.2. The molecule has 0 unspecified atom stereocenters. The Hall–Kier alpha value is -0.770. The minimum Gasteiger partial charge on any atom is -0.314 e. The van der Waals surface area contributed by atoms with Gasteiger partial charge in [-0.05, 0) is 17.5 Å². The first-order valence-corrected chi connectivity index (χ1v) is 8.15. The van der Waals surface area contributed by atoms with Crippen molar-refractivity contribution in [1.82, 2.24) is 10.2 Å². The summed E-state index contributed by atoms with van der Waals surface area (Å²) in [5.41, 5.74) is -4.75. The first-order valence-electron chi connectivity index (χ1n) is 8.15. The quantitative estimate of drug-likeness (QED) is 0.571. The van der Waals surface area contributed by atoms with Crippen molar-refractivity contribution in [3.8, 4) is 0 Å². The highest BCUT2D eigenvalue weighted by atomic mass is 35.5. The smallest absolute Gasteiger partial charge is 0.314 e. The van der Waals surface area contributed by atoms with Gasteiger partial charge in [-0.2, -0.15) is 26.3 Å². The number of benzene rings is 1. The molecule has 1 atom stereocenters. The molecule has 0 saturated carbocycles. The largest absolute Gasteiger partial charge is 0.416 e. The van der Waals surface area contributed by atoms with Gasteiger partial charge in [-0.3, -0.25) is 4.90 Å². The van der Waals surface area contributed by atoms with Crippen LogP contribution in [0.3, 0.4) is 0 Å². The standard InChI is InChI=1S/C17H21F7N2.2ClH/c1-15(2,3)14(26-6-4-25-5-7-26)13-11(17(22,23)24)8-10(9-12(13)18)16(19,20)21;;/h8-9,14,25H,4-7H2,1-3H3;2*1H/t14-;;/m1../s1. The van der Waals surface area contributed by atoms with E-state index in [0.717, 1.165) is 0 Å². The molecule has 1 fully saturated rings. The van der Waals surface area contributed by atoms with Crippen LogP contribution in [0.1, 0.15) is 43.5 Å². The van der Waals surface area contributed by atoms with Crippen LogP contribution in [-0.2, 0) is 12.4 Å². The Balaban J connectivity index is 0.00000364. The normalized spacial score (nSPS) is 17.5. The maximum Gasteiger partial charge on any atom is 0.416 e. The Bertz CT molecular complexity index is 649. The Morgan fingerprint density at radius 2 is 1.39 bits per heavy atom. The van der Waals surface area contributed by atoms with Gasteiger partial charge in [0.15, 0.2) is 0 Å². The van der Waals surface area contributed by atoms with Gasteiger partial charge in [0.1, 0.15) is 5.82 Å². The number of nitrogens with one attached hydrogen (secondary N) is 1. The van der Waals surface area contributed by atoms with Crippen LogP contribution in [0.15, 0.2) is 12.1 Å². The lowest BCUT2D eigenvalue weighted by Crippen LogP contribution is -2.49. The van der Waals surface area contributed by atoms with Gasteiger partial charge in [-0.1, -0.05) is 20.8 Å². The minimum absolute atomic E-state index is 0. The number of alkyl halides is 6. The molecule has 0 aliphatic carbocycles. The second-order valence-electron chi connectivity index (χ2n) is 7.47. The van der Waals surface area contributed by atoms with E-state index < -0.39 is 46.3 Å². The number of piperazine rings is 1. The molecule has 1 aliphatic heterocycles. The van der Waals surface area contributed by atoms with E-state index in [-0.39, 0.29) is 36.9 Å². The van der Waals surface area contributed by atoms with Crippen molar-refractivity contribution in [2.75, 3.05) is 26.2 Å². The third-order valence-corrected chi connectivity index (χ3v) is 4.37. The Morgan fingerprint density at radius 1 is 0.893 bits per heavy atom. The summed E-state index contributed by atoms with van der Waals surface area (Å²) in [6.07, 6.45) is -10.2. The predicted molar refractivity (Wildman–Crippen MR) is 97.5 cm³/mol. The number of rotatable bonds is 2. The van der Waals surface area contributed by atoms with Crippen LogP contribution >= 0.6 is 24.8 Å². The average Bonchev–Trinajstić information content (AvgIpc) is 2.46. The highest BCUT2D eigenvalue weighted by Gasteiger charge is 2.45. The van der Waals surface area contributed by atoms with Gasteiger partial charge in [0.25, 0.3) is 0 Å². The molecule has 1 heterocycles. The SMILES string of the molecule is CC(C)(C)[C@@H](c1c(F)cc(C(F)(F)F)cc1C(F)(F)F)N1CCNCC1.Cl.Cl. The summed E-state index contributed by atoms with van der Waals surface area (Å²) in [5.74, 6) is -1.48. The highest BCUT2D eigenvalue weighted by molar-refractivity contribution is 5.85. The van der Waals surface area contributed by atoms with E-state index in [4.69, 9.17) is 0 Å². The summed E-state index contributed by atoms with van der Waals surface area (Å²) in [4.78, 5) is 1.69. The van der Waals surface area contributed by atoms with Crippen LogP contribution in [0, 0.1) is 11.2 Å². The first-order chi connectivity index (χ1) is 11.7. The fraction of sp³-hybridized carbons (Fsp3) is 0.647. The van der Waals surface area contributed by atoms with Crippen molar-refractivity contribution in [3.05, 3.63) is 34.6 Å². The van der Waals surface area contributed by atoms with Gasteiger partial charge >= 0.3 is 12.4 Å². The second-order valence-corrected chi connectivity index (χ2v) is 7.47. The Kier molecular flexibility index (Phi) is 9.11. The van der Waals surface area contributed by atoms with Crippen molar-refractivity contribution >= 4 is 24.8 Å². The van der Waals surface area contributed by atoms with Crippen molar-refractivity contribution in [3.63, 3.8) is 0 Å². The van der Waals surface area contributed by atoms with Gasteiger partial charge in [0, 0.05) is 37.8 Å². The topological polar surface area (TPSA) is 15.3 Å². The fourth-order valence-corrected chi connectivity index (χ4v) is 3.40. The fourth-order valence-electron chi connectivity index (χ4n) is 3.40. The molecule has 164 valence electrons. The summed E-state index contributed by atoms with van der Waals surface area (Å²) in [6, 6.07) is -0.839. The molecule has 1 saturated heterocycles. The molecule has 28 heavy (non-hydrogen) atoms. The molecule has 1 aliphatic rings. The van der Waals surface area contributed by atoms with Crippen LogP contribution in [0.2, 0.25) is 0 Å². The molecule has 11 heteroatoms. The van der Waals surface area contributed by atoms with Crippen LogP contribution in [-0.4, -0.2) is 31.1 Å². The minimum atomic E-state index is -5.10. The summed E-state index contributed by atoms with van der Waals surface area (Å²) >= 11 is 0. The van der Waals surface area contributed by atoms with Crippen molar-refractivity contribution in [1.29, 1.82) is 0 Å². The summed E-state index contributed by atoms with van der Waals surface area (Å²) < 4.78 is 94.0. The third-order valence-electron chi connectivity index (χ3n) is 4.37. The Morgan fingerprint density at radius 3 is 1.79 bits per heavy atom. The molecule has 1 aromatic carbocycles. The maximum absolute atomic E-state index is 14.7. The number of hydrogen-bond donors (Lipinski definition) is 1. The van der Waals surface area contributed by atoms with E-state index in [2.05, 4.69) is 5.32 Å². The summed E-state index contributed by atoms with van der Waals surface area (Å²) in [5, 5.41) is 3.05. The van der Waals surface area contributed by atoms with E-state index in [1.165, 1.54) is 0 Å². The summed E-state index contributed by atoms with van der Waals surface area (Å²) in [7, 11) is 0. The van der Waals surface area contributed by atoms with Crippen LogP contribution in [0.25, 0.3) is 0 Å². The second kappa shape index (κ2) is 9.36. The van der Waals surface area contributed by atoms with Crippen molar-refractivity contribution < 1.29 is 30.7 Å². The molecule has 0 bridgehead atoms. The molecule has 1 N–H and O–H groups in total. The van der Waals surface area contributed by atoms with E-state index in [9.17, 15) is 30.7 Å². The zero-order valence-electron chi connectivity index (χ0n) is 15.5. The monoisotopic (exact) mass is 458 g/mol. The number of halogens is 9. The number of hydrogen-bond acceptors (Lipinski definition) is 2. The molecule has 1 aromatic rings.